The summed E-state index contributed by atoms with van der Waals surface area (Å²) in [4.78, 5) is 11.9. The van der Waals surface area contributed by atoms with Crippen molar-refractivity contribution in [1.29, 1.82) is 0 Å². The van der Waals surface area contributed by atoms with Crippen molar-refractivity contribution in [2.75, 3.05) is 0 Å². The molecule has 2 aromatic rings. The van der Waals surface area contributed by atoms with Crippen molar-refractivity contribution < 1.29 is 18.1 Å². The highest BCUT2D eigenvalue weighted by Crippen LogP contribution is 2.10. The van der Waals surface area contributed by atoms with Gasteiger partial charge in [0.05, 0.1) is 0 Å². The van der Waals surface area contributed by atoms with Gasteiger partial charge in [-0.15, -0.1) is 0 Å². The van der Waals surface area contributed by atoms with Crippen LogP contribution in [0.25, 0.3) is 12.2 Å². The first-order chi connectivity index (χ1) is 11.6. The molecule has 0 unspecified atom stereocenters. The normalized spacial score (nSPS) is 11.8. The molecule has 0 aliphatic carbocycles. The smallest absolute Gasteiger partial charge is 0.505 e. The van der Waals surface area contributed by atoms with Crippen LogP contribution in [0.1, 0.15) is 11.1 Å². The maximum Gasteiger partial charge on any atom is 0.796 e. The lowest BCUT2D eigenvalue weighted by molar-refractivity contribution is -0.110. The van der Waals surface area contributed by atoms with Crippen LogP contribution in [0.3, 0.4) is 0 Å². The van der Waals surface area contributed by atoms with E-state index in [1.165, 1.54) is 12.2 Å². The second-order valence-electron chi connectivity index (χ2n) is 4.82. The van der Waals surface area contributed by atoms with Crippen molar-refractivity contribution in [3.63, 3.8) is 0 Å². The highest BCUT2D eigenvalue weighted by Gasteiger charge is 2.18. The molecule has 0 atom stereocenters. The Morgan fingerprint density at radius 2 is 1.33 bits per heavy atom. The van der Waals surface area contributed by atoms with Crippen LogP contribution >= 0.6 is 0 Å². The number of carbonyl (C=O) groups is 1. The van der Waals surface area contributed by atoms with Crippen molar-refractivity contribution in [2.45, 2.75) is 0 Å². The van der Waals surface area contributed by atoms with Gasteiger partial charge in [0.1, 0.15) is 5.76 Å². The third kappa shape index (κ3) is 6.44. The Hall–Kier alpha value is -2.95. The van der Waals surface area contributed by atoms with E-state index in [-0.39, 0.29) is 5.76 Å². The van der Waals surface area contributed by atoms with E-state index < -0.39 is 13.3 Å². The van der Waals surface area contributed by atoms with Gasteiger partial charge in [0.25, 0.3) is 0 Å². The van der Waals surface area contributed by atoms with E-state index >= 15 is 0 Å². The molecule has 0 saturated carbocycles. The molecule has 0 saturated heterocycles. The Morgan fingerprint density at radius 1 is 0.833 bits per heavy atom. The molecular weight excluding hydrogens is 309 g/mol. The van der Waals surface area contributed by atoms with Crippen molar-refractivity contribution in [1.82, 2.24) is 0 Å². The zero-order valence-corrected chi connectivity index (χ0v) is 12.8. The number of hydrogen-bond donors (Lipinski definition) is 0. The summed E-state index contributed by atoms with van der Waals surface area (Å²) in [5.41, 5.74) is 1.66. The summed E-state index contributed by atoms with van der Waals surface area (Å²) in [5.74, 6) is -0.635. The fourth-order valence-electron chi connectivity index (χ4n) is 1.90. The topological polar surface area (TPSA) is 26.3 Å². The third-order valence-corrected chi connectivity index (χ3v) is 2.99. The minimum atomic E-state index is -3.00. The van der Waals surface area contributed by atoms with Crippen molar-refractivity contribution in [3.8, 4) is 0 Å². The molecule has 0 N–H and O–H groups in total. The highest BCUT2D eigenvalue weighted by molar-refractivity contribution is 6.35. The average Bonchev–Trinajstić information content (AvgIpc) is 2.59. The van der Waals surface area contributed by atoms with E-state index in [1.54, 1.807) is 12.2 Å². The third-order valence-electron chi connectivity index (χ3n) is 2.99. The number of allylic oxidation sites excluding steroid dienone is 3. The largest absolute Gasteiger partial charge is 0.796 e. The summed E-state index contributed by atoms with van der Waals surface area (Å²) in [6.45, 7) is 0. The molecule has 0 fully saturated rings. The Labute approximate surface area is 140 Å². The van der Waals surface area contributed by atoms with Gasteiger partial charge in [-0.1, -0.05) is 72.8 Å². The summed E-state index contributed by atoms with van der Waals surface area (Å²) in [6, 6.07) is 18.3. The van der Waals surface area contributed by atoms with Crippen LogP contribution in [-0.2, 0) is 9.45 Å². The summed E-state index contributed by atoms with van der Waals surface area (Å²) in [5, 5.41) is 0. The number of ketones is 1. The average molecular weight is 324 g/mol. The maximum absolute atomic E-state index is 12.5. The molecule has 0 spiro atoms. The highest BCUT2D eigenvalue weighted by atomic mass is 19.2. The molecule has 120 valence electrons. The summed E-state index contributed by atoms with van der Waals surface area (Å²) in [7, 11) is -3.00. The summed E-state index contributed by atoms with van der Waals surface area (Å²) in [6.07, 6.45) is 6.89. The molecule has 0 bridgehead atoms. The first-order valence-corrected chi connectivity index (χ1v) is 7.30. The van der Waals surface area contributed by atoms with Crippen molar-refractivity contribution >= 4 is 25.4 Å². The van der Waals surface area contributed by atoms with Crippen molar-refractivity contribution in [3.05, 3.63) is 95.8 Å². The first kappa shape index (κ1) is 17.4. The van der Waals surface area contributed by atoms with Gasteiger partial charge in [-0.3, -0.25) is 4.79 Å². The van der Waals surface area contributed by atoms with Crippen LogP contribution in [0, 0.1) is 0 Å². The minimum absolute atomic E-state index is 0.198. The number of rotatable bonds is 7. The molecule has 2 aromatic carbocycles. The Bertz CT molecular complexity index is 738. The van der Waals surface area contributed by atoms with Crippen LogP contribution in [0.4, 0.5) is 8.63 Å². The van der Waals surface area contributed by atoms with E-state index in [4.69, 9.17) is 0 Å². The van der Waals surface area contributed by atoms with Gasteiger partial charge in [-0.25, -0.2) is 8.63 Å². The second kappa shape index (κ2) is 9.25. The molecule has 0 aromatic heterocycles. The van der Waals surface area contributed by atoms with Crippen LogP contribution in [0.15, 0.2) is 84.7 Å². The minimum Gasteiger partial charge on any atom is -0.505 e. The molecule has 0 heterocycles. The van der Waals surface area contributed by atoms with Crippen LogP contribution in [-0.4, -0.2) is 13.3 Å². The predicted molar refractivity (Wildman–Crippen MR) is 93.1 cm³/mol. The first-order valence-electron chi connectivity index (χ1n) is 7.30. The lowest BCUT2D eigenvalue weighted by atomic mass is 10.1. The monoisotopic (exact) mass is 324 g/mol. The molecule has 0 aliphatic rings. The van der Waals surface area contributed by atoms with Crippen LogP contribution in [0.5, 0.6) is 0 Å². The number of halogens is 2. The molecule has 2 rings (SSSR count). The Balaban J connectivity index is 2.11. The number of carbonyl (C=O) groups excluding carboxylic acids is 1. The Kier molecular flexibility index (Phi) is 6.71. The molecule has 2 nitrogen and oxygen atoms in total. The van der Waals surface area contributed by atoms with Crippen LogP contribution in [0.2, 0.25) is 0 Å². The van der Waals surface area contributed by atoms with Crippen LogP contribution < -0.4 is 0 Å². The lowest BCUT2D eigenvalue weighted by Gasteiger charge is -2.02. The van der Waals surface area contributed by atoms with Gasteiger partial charge in [-0.2, -0.15) is 0 Å². The predicted octanol–water partition coefficient (Wildman–Crippen LogP) is 4.81. The fraction of sp³-hybridized carbons (Fsp3) is 0. The number of benzene rings is 2. The van der Waals surface area contributed by atoms with E-state index in [2.05, 4.69) is 4.65 Å². The SMILES string of the molecule is O=C(/C=C(/C=C/c1ccccc1)OB(F)F)/C=C/c1ccccc1. The quantitative estimate of drug-likeness (QED) is 0.316. The number of hydrogen-bond acceptors (Lipinski definition) is 2. The standard InChI is InChI=1S/C19H15BF2O2/c21-20(22)24-19(14-12-17-9-5-2-6-10-17)15-18(23)13-11-16-7-3-1-4-8-16/h1-15H/b13-11+,14-12+,19-15-. The lowest BCUT2D eigenvalue weighted by Crippen LogP contribution is -2.04. The summed E-state index contributed by atoms with van der Waals surface area (Å²) < 4.78 is 29.4. The zero-order chi connectivity index (χ0) is 17.2. The van der Waals surface area contributed by atoms with Gasteiger partial charge in [-0.05, 0) is 23.3 Å². The molecule has 5 heteroatoms. The maximum atomic E-state index is 12.5. The molecule has 0 aliphatic heterocycles. The molecular formula is C19H15BF2O2. The molecule has 0 amide bonds. The van der Waals surface area contributed by atoms with E-state index in [0.717, 1.165) is 17.2 Å². The van der Waals surface area contributed by atoms with Crippen molar-refractivity contribution in [2.24, 2.45) is 0 Å². The Morgan fingerprint density at radius 3 is 1.83 bits per heavy atom. The molecule has 0 radical (unpaired) electrons. The zero-order valence-electron chi connectivity index (χ0n) is 12.8. The van der Waals surface area contributed by atoms with Gasteiger partial charge in [0.2, 0.25) is 0 Å². The van der Waals surface area contributed by atoms with E-state index in [9.17, 15) is 13.4 Å². The second-order valence-corrected chi connectivity index (χ2v) is 4.82. The van der Waals surface area contributed by atoms with Gasteiger partial charge < -0.3 is 4.65 Å². The van der Waals surface area contributed by atoms with E-state index in [1.807, 2.05) is 60.7 Å². The summed E-state index contributed by atoms with van der Waals surface area (Å²) >= 11 is 0. The fourth-order valence-corrected chi connectivity index (χ4v) is 1.90. The van der Waals surface area contributed by atoms with Gasteiger partial charge in [0.15, 0.2) is 5.78 Å². The van der Waals surface area contributed by atoms with Gasteiger partial charge >= 0.3 is 7.47 Å². The molecule has 24 heavy (non-hydrogen) atoms. The van der Waals surface area contributed by atoms with E-state index in [0.29, 0.717) is 0 Å². The van der Waals surface area contributed by atoms with Gasteiger partial charge in [0, 0.05) is 6.08 Å².